The van der Waals surface area contributed by atoms with Crippen molar-refractivity contribution in [2.24, 2.45) is 5.73 Å². The van der Waals surface area contributed by atoms with E-state index in [1.807, 2.05) is 0 Å². The monoisotopic (exact) mass is 180 g/mol. The molecule has 1 heterocycles. The van der Waals surface area contributed by atoms with Crippen molar-refractivity contribution in [3.05, 3.63) is 29.0 Å². The number of hydrogen-bond acceptors (Lipinski definition) is 2. The zero-order valence-electron chi connectivity index (χ0n) is 6.55. The number of aromatic nitrogens is 1. The zero-order chi connectivity index (χ0) is 8.81. The fourth-order valence-electron chi connectivity index (χ4n) is 0.696. The highest BCUT2D eigenvalue weighted by Gasteiger charge is 1.93. The first-order valence-corrected chi connectivity index (χ1v) is 4.02. The molecule has 0 unspecified atom stereocenters. The van der Waals surface area contributed by atoms with Crippen LogP contribution in [-0.2, 0) is 0 Å². The minimum Gasteiger partial charge on any atom is -0.330 e. The lowest BCUT2D eigenvalue weighted by Crippen LogP contribution is -1.95. The van der Waals surface area contributed by atoms with Crippen LogP contribution in [0.25, 0.3) is 0 Å². The highest BCUT2D eigenvalue weighted by atomic mass is 35.5. The third-order valence-corrected chi connectivity index (χ3v) is 1.54. The van der Waals surface area contributed by atoms with Gasteiger partial charge >= 0.3 is 0 Å². The Morgan fingerprint density at radius 3 is 3.08 bits per heavy atom. The quantitative estimate of drug-likeness (QED) is 0.665. The number of nitrogens with two attached hydrogens (primary N) is 1. The first-order chi connectivity index (χ1) is 5.84. The number of pyridine rings is 1. The summed E-state index contributed by atoms with van der Waals surface area (Å²) in [6.45, 7) is 0.567. The summed E-state index contributed by atoms with van der Waals surface area (Å²) in [4.78, 5) is 4.00. The molecule has 1 aromatic rings. The SMILES string of the molecule is NCCC#Cc1ncccc1Cl. The van der Waals surface area contributed by atoms with Crippen molar-refractivity contribution >= 4 is 11.6 Å². The third-order valence-electron chi connectivity index (χ3n) is 1.23. The van der Waals surface area contributed by atoms with E-state index in [9.17, 15) is 0 Å². The molecule has 0 aromatic carbocycles. The van der Waals surface area contributed by atoms with E-state index < -0.39 is 0 Å². The van der Waals surface area contributed by atoms with Crippen LogP contribution in [0.4, 0.5) is 0 Å². The van der Waals surface area contributed by atoms with Gasteiger partial charge < -0.3 is 5.73 Å². The molecule has 0 amide bonds. The molecule has 2 nitrogen and oxygen atoms in total. The lowest BCUT2D eigenvalue weighted by Gasteiger charge is -1.90. The molecule has 3 heteroatoms. The van der Waals surface area contributed by atoms with Crippen LogP contribution >= 0.6 is 11.6 Å². The first kappa shape index (κ1) is 9.05. The highest BCUT2D eigenvalue weighted by Crippen LogP contribution is 2.09. The summed E-state index contributed by atoms with van der Waals surface area (Å²) in [5, 5.41) is 0.585. The largest absolute Gasteiger partial charge is 0.330 e. The first-order valence-electron chi connectivity index (χ1n) is 3.64. The molecule has 12 heavy (non-hydrogen) atoms. The summed E-state index contributed by atoms with van der Waals surface area (Å²) in [5.41, 5.74) is 5.89. The van der Waals surface area contributed by atoms with Crippen molar-refractivity contribution in [2.75, 3.05) is 6.54 Å². The van der Waals surface area contributed by atoms with Gasteiger partial charge in [-0.3, -0.25) is 0 Å². The molecule has 0 aliphatic heterocycles. The van der Waals surface area contributed by atoms with Crippen molar-refractivity contribution in [1.82, 2.24) is 4.98 Å². The van der Waals surface area contributed by atoms with E-state index in [1.165, 1.54) is 0 Å². The number of hydrogen-bond donors (Lipinski definition) is 1. The minimum absolute atomic E-state index is 0.567. The van der Waals surface area contributed by atoms with Crippen LogP contribution in [0.1, 0.15) is 12.1 Å². The molecule has 1 aromatic heterocycles. The highest BCUT2D eigenvalue weighted by molar-refractivity contribution is 6.31. The summed E-state index contributed by atoms with van der Waals surface area (Å²) < 4.78 is 0. The fourth-order valence-corrected chi connectivity index (χ4v) is 0.865. The van der Waals surface area contributed by atoms with Gasteiger partial charge in [-0.1, -0.05) is 17.5 Å². The van der Waals surface area contributed by atoms with E-state index in [0.29, 0.717) is 23.7 Å². The Kier molecular flexibility index (Phi) is 3.59. The van der Waals surface area contributed by atoms with Gasteiger partial charge in [-0.05, 0) is 18.1 Å². The molecule has 2 N–H and O–H groups in total. The average Bonchev–Trinajstić information content (AvgIpc) is 2.09. The van der Waals surface area contributed by atoms with Gasteiger partial charge in [0.25, 0.3) is 0 Å². The van der Waals surface area contributed by atoms with Crippen molar-refractivity contribution in [1.29, 1.82) is 0 Å². The smallest absolute Gasteiger partial charge is 0.131 e. The molecular formula is C9H9ClN2. The number of nitrogens with zero attached hydrogens (tertiary/aromatic N) is 1. The maximum atomic E-state index is 5.81. The third kappa shape index (κ3) is 2.54. The predicted octanol–water partition coefficient (Wildman–Crippen LogP) is 1.44. The molecule has 0 bridgehead atoms. The van der Waals surface area contributed by atoms with Gasteiger partial charge in [-0.25, -0.2) is 4.98 Å². The molecule has 0 saturated heterocycles. The molecule has 62 valence electrons. The molecule has 0 atom stereocenters. The Hall–Kier alpha value is -1.04. The summed E-state index contributed by atoms with van der Waals surface area (Å²) in [6.07, 6.45) is 2.34. The Bertz CT molecular complexity index is 312. The second-order valence-electron chi connectivity index (χ2n) is 2.17. The fraction of sp³-hybridized carbons (Fsp3) is 0.222. The molecule has 0 spiro atoms. The topological polar surface area (TPSA) is 38.9 Å². The molecule has 0 fully saturated rings. The summed E-state index contributed by atoms with van der Waals surface area (Å²) >= 11 is 5.81. The summed E-state index contributed by atoms with van der Waals surface area (Å²) in [7, 11) is 0. The molecule has 0 saturated carbocycles. The molecule has 0 aliphatic rings. The predicted molar refractivity (Wildman–Crippen MR) is 49.8 cm³/mol. The Balaban J connectivity index is 2.77. The van der Waals surface area contributed by atoms with Crippen molar-refractivity contribution < 1.29 is 0 Å². The van der Waals surface area contributed by atoms with Gasteiger partial charge in [0, 0.05) is 19.2 Å². The Morgan fingerprint density at radius 1 is 1.58 bits per heavy atom. The lowest BCUT2D eigenvalue weighted by atomic mass is 10.3. The van der Waals surface area contributed by atoms with E-state index in [0.717, 1.165) is 0 Å². The maximum absolute atomic E-state index is 5.81. The second kappa shape index (κ2) is 4.76. The van der Waals surface area contributed by atoms with Crippen molar-refractivity contribution in [3.63, 3.8) is 0 Å². The van der Waals surface area contributed by atoms with Gasteiger partial charge in [-0.15, -0.1) is 0 Å². The van der Waals surface area contributed by atoms with Crippen LogP contribution in [0.5, 0.6) is 0 Å². The van der Waals surface area contributed by atoms with Crippen molar-refractivity contribution in [2.45, 2.75) is 6.42 Å². The number of rotatable bonds is 1. The maximum Gasteiger partial charge on any atom is 0.131 e. The van der Waals surface area contributed by atoms with E-state index in [-0.39, 0.29) is 0 Å². The number of halogens is 1. The van der Waals surface area contributed by atoms with E-state index in [1.54, 1.807) is 18.3 Å². The molecule has 0 radical (unpaired) electrons. The lowest BCUT2D eigenvalue weighted by molar-refractivity contribution is 1.03. The molecule has 1 rings (SSSR count). The van der Waals surface area contributed by atoms with Gasteiger partial charge in [0.15, 0.2) is 0 Å². The van der Waals surface area contributed by atoms with Gasteiger partial charge in [0.1, 0.15) is 5.69 Å². The Labute approximate surface area is 76.8 Å². The van der Waals surface area contributed by atoms with Gasteiger partial charge in [0.05, 0.1) is 5.02 Å². The van der Waals surface area contributed by atoms with Crippen LogP contribution < -0.4 is 5.73 Å². The van der Waals surface area contributed by atoms with Crippen LogP contribution in [0, 0.1) is 11.8 Å². The summed E-state index contributed by atoms with van der Waals surface area (Å²) in [6, 6.07) is 3.54. The molecule has 0 aliphatic carbocycles. The van der Waals surface area contributed by atoms with Crippen LogP contribution in [0.3, 0.4) is 0 Å². The zero-order valence-corrected chi connectivity index (χ0v) is 7.30. The van der Waals surface area contributed by atoms with Gasteiger partial charge in [-0.2, -0.15) is 0 Å². The standard InChI is InChI=1S/C9H9ClN2/c10-8-4-3-7-12-9(8)5-1-2-6-11/h3-4,7H,2,6,11H2. The van der Waals surface area contributed by atoms with Crippen molar-refractivity contribution in [3.8, 4) is 11.8 Å². The van der Waals surface area contributed by atoms with E-state index in [2.05, 4.69) is 16.8 Å². The van der Waals surface area contributed by atoms with Crippen LogP contribution in [0.15, 0.2) is 18.3 Å². The normalized spacial score (nSPS) is 8.83. The van der Waals surface area contributed by atoms with E-state index in [4.69, 9.17) is 17.3 Å². The second-order valence-corrected chi connectivity index (χ2v) is 2.58. The molecular weight excluding hydrogens is 172 g/mol. The average molecular weight is 181 g/mol. The minimum atomic E-state index is 0.567. The van der Waals surface area contributed by atoms with Gasteiger partial charge in [0.2, 0.25) is 0 Å². The van der Waals surface area contributed by atoms with Crippen LogP contribution in [0.2, 0.25) is 5.02 Å². The van der Waals surface area contributed by atoms with E-state index >= 15 is 0 Å². The van der Waals surface area contributed by atoms with Crippen LogP contribution in [-0.4, -0.2) is 11.5 Å². The Morgan fingerprint density at radius 2 is 2.42 bits per heavy atom. The summed E-state index contributed by atoms with van der Waals surface area (Å²) in [5.74, 6) is 5.71.